The lowest BCUT2D eigenvalue weighted by atomic mass is 10.4. The van der Waals surface area contributed by atoms with Gasteiger partial charge >= 0.3 is 0 Å². The zero-order chi connectivity index (χ0) is 10.8. The molecule has 0 unspecified atom stereocenters. The van der Waals surface area contributed by atoms with Crippen molar-refractivity contribution < 1.29 is 0 Å². The molecule has 0 aliphatic carbocycles. The number of aryl methyl sites for hydroxylation is 2. The molecule has 0 radical (unpaired) electrons. The van der Waals surface area contributed by atoms with Crippen molar-refractivity contribution in [1.29, 1.82) is 0 Å². The lowest BCUT2D eigenvalue weighted by molar-refractivity contribution is 0.958. The summed E-state index contributed by atoms with van der Waals surface area (Å²) in [4.78, 5) is 8.66. The SMILES string of the molecule is Cc1nc(Cl)c(Sc2cccs2)nc1C. The van der Waals surface area contributed by atoms with Gasteiger partial charge < -0.3 is 0 Å². The van der Waals surface area contributed by atoms with E-state index in [1.165, 1.54) is 4.21 Å². The molecule has 2 aromatic rings. The molecule has 0 N–H and O–H groups in total. The number of thiophene rings is 1. The second kappa shape index (κ2) is 4.51. The number of aromatic nitrogens is 2. The van der Waals surface area contributed by atoms with Gasteiger partial charge in [-0.15, -0.1) is 11.3 Å². The van der Waals surface area contributed by atoms with E-state index in [0.29, 0.717) is 5.15 Å². The number of hydrogen-bond donors (Lipinski definition) is 0. The second-order valence-electron chi connectivity index (χ2n) is 3.02. The van der Waals surface area contributed by atoms with Gasteiger partial charge in [0.15, 0.2) is 5.15 Å². The Bertz CT molecular complexity index is 469. The minimum atomic E-state index is 0.483. The van der Waals surface area contributed by atoms with Crippen molar-refractivity contribution in [2.24, 2.45) is 0 Å². The van der Waals surface area contributed by atoms with E-state index in [9.17, 15) is 0 Å². The maximum atomic E-state index is 6.03. The molecule has 0 saturated carbocycles. The molecule has 2 heterocycles. The van der Waals surface area contributed by atoms with Crippen molar-refractivity contribution in [2.75, 3.05) is 0 Å². The van der Waals surface area contributed by atoms with E-state index in [4.69, 9.17) is 11.6 Å². The monoisotopic (exact) mass is 256 g/mol. The van der Waals surface area contributed by atoms with Gasteiger partial charge in [-0.2, -0.15) is 0 Å². The highest BCUT2D eigenvalue weighted by atomic mass is 35.5. The van der Waals surface area contributed by atoms with E-state index >= 15 is 0 Å². The summed E-state index contributed by atoms with van der Waals surface area (Å²) in [5, 5.41) is 3.30. The number of rotatable bonds is 2. The van der Waals surface area contributed by atoms with Gasteiger partial charge in [-0.3, -0.25) is 0 Å². The van der Waals surface area contributed by atoms with Gasteiger partial charge in [0, 0.05) is 0 Å². The topological polar surface area (TPSA) is 25.8 Å². The third-order valence-electron chi connectivity index (χ3n) is 1.93. The Kier molecular flexibility index (Phi) is 3.29. The summed E-state index contributed by atoms with van der Waals surface area (Å²) in [6.45, 7) is 3.85. The van der Waals surface area contributed by atoms with Crippen molar-refractivity contribution in [3.63, 3.8) is 0 Å². The zero-order valence-corrected chi connectivity index (χ0v) is 10.7. The molecule has 0 bridgehead atoms. The van der Waals surface area contributed by atoms with E-state index in [2.05, 4.69) is 9.97 Å². The molecule has 0 saturated heterocycles. The lowest BCUT2D eigenvalue weighted by Crippen LogP contribution is -1.94. The quantitative estimate of drug-likeness (QED) is 0.813. The van der Waals surface area contributed by atoms with E-state index < -0.39 is 0 Å². The molecule has 0 atom stereocenters. The van der Waals surface area contributed by atoms with E-state index in [1.807, 2.05) is 31.4 Å². The molecule has 78 valence electrons. The third kappa shape index (κ3) is 2.51. The van der Waals surface area contributed by atoms with Crippen LogP contribution < -0.4 is 0 Å². The molecule has 2 nitrogen and oxygen atoms in total. The molecular formula is C10H9ClN2S2. The van der Waals surface area contributed by atoms with Crippen LogP contribution in [0.25, 0.3) is 0 Å². The van der Waals surface area contributed by atoms with Crippen LogP contribution in [0.4, 0.5) is 0 Å². The van der Waals surface area contributed by atoms with E-state index in [0.717, 1.165) is 16.4 Å². The van der Waals surface area contributed by atoms with Gasteiger partial charge in [-0.25, -0.2) is 9.97 Å². The molecule has 0 aliphatic rings. The van der Waals surface area contributed by atoms with Crippen molar-refractivity contribution in [3.8, 4) is 0 Å². The maximum Gasteiger partial charge on any atom is 0.161 e. The van der Waals surface area contributed by atoms with Crippen LogP contribution in [-0.2, 0) is 0 Å². The molecule has 0 aliphatic heterocycles. The maximum absolute atomic E-state index is 6.03. The standard InChI is InChI=1S/C10H9ClN2S2/c1-6-7(2)13-10(9(11)12-6)15-8-4-3-5-14-8/h3-5H,1-2H3. The predicted octanol–water partition coefficient (Wildman–Crippen LogP) is 3.96. The Morgan fingerprint density at radius 2 is 2.00 bits per heavy atom. The summed E-state index contributed by atoms with van der Waals surface area (Å²) >= 11 is 9.26. The van der Waals surface area contributed by atoms with Gasteiger partial charge in [0.1, 0.15) is 5.03 Å². The van der Waals surface area contributed by atoms with Gasteiger partial charge in [0.25, 0.3) is 0 Å². The normalized spacial score (nSPS) is 10.6. The highest BCUT2D eigenvalue weighted by molar-refractivity contribution is 8.01. The molecule has 0 spiro atoms. The van der Waals surface area contributed by atoms with Gasteiger partial charge in [0.05, 0.1) is 15.6 Å². The third-order valence-corrected chi connectivity index (χ3v) is 4.32. The van der Waals surface area contributed by atoms with Crippen LogP contribution in [0.15, 0.2) is 26.7 Å². The summed E-state index contributed by atoms with van der Waals surface area (Å²) in [7, 11) is 0. The first-order valence-corrected chi connectivity index (χ1v) is 6.46. The van der Waals surface area contributed by atoms with E-state index in [1.54, 1.807) is 23.1 Å². The van der Waals surface area contributed by atoms with Gasteiger partial charge in [-0.05, 0) is 25.3 Å². The number of nitrogens with zero attached hydrogens (tertiary/aromatic N) is 2. The van der Waals surface area contributed by atoms with Gasteiger partial charge in [0.2, 0.25) is 0 Å². The van der Waals surface area contributed by atoms with Crippen LogP contribution in [0.1, 0.15) is 11.4 Å². The van der Waals surface area contributed by atoms with Crippen LogP contribution in [0.2, 0.25) is 5.15 Å². The fraction of sp³-hybridized carbons (Fsp3) is 0.200. The molecular weight excluding hydrogens is 248 g/mol. The highest BCUT2D eigenvalue weighted by Gasteiger charge is 2.09. The molecule has 2 aromatic heterocycles. The second-order valence-corrected chi connectivity index (χ2v) is 5.62. The minimum Gasteiger partial charge on any atom is -0.241 e. The Labute approximate surface area is 102 Å². The molecule has 5 heteroatoms. The summed E-state index contributed by atoms with van der Waals surface area (Å²) in [6.07, 6.45) is 0. The molecule has 0 aromatic carbocycles. The molecule has 15 heavy (non-hydrogen) atoms. The minimum absolute atomic E-state index is 0.483. The Hall–Kier alpha value is -0.580. The first kappa shape index (κ1) is 10.9. The molecule has 0 amide bonds. The summed E-state index contributed by atoms with van der Waals surface area (Å²) < 4.78 is 1.18. The molecule has 2 rings (SSSR count). The number of hydrogen-bond acceptors (Lipinski definition) is 4. The van der Waals surface area contributed by atoms with Crippen LogP contribution in [0.5, 0.6) is 0 Å². The van der Waals surface area contributed by atoms with Crippen molar-refractivity contribution in [3.05, 3.63) is 34.1 Å². The highest BCUT2D eigenvalue weighted by Crippen LogP contribution is 2.33. The average molecular weight is 257 g/mol. The lowest BCUT2D eigenvalue weighted by Gasteiger charge is -2.04. The summed E-state index contributed by atoms with van der Waals surface area (Å²) in [6, 6.07) is 4.05. The Morgan fingerprint density at radius 1 is 1.27 bits per heavy atom. The van der Waals surface area contributed by atoms with E-state index in [-0.39, 0.29) is 0 Å². The van der Waals surface area contributed by atoms with Crippen LogP contribution in [0, 0.1) is 13.8 Å². The smallest absolute Gasteiger partial charge is 0.161 e. The average Bonchev–Trinajstić information content (AvgIpc) is 2.67. The Balaban J connectivity index is 2.33. The largest absolute Gasteiger partial charge is 0.241 e. The summed E-state index contributed by atoms with van der Waals surface area (Å²) in [5.41, 5.74) is 1.81. The Morgan fingerprint density at radius 3 is 2.67 bits per heavy atom. The van der Waals surface area contributed by atoms with Crippen molar-refractivity contribution >= 4 is 34.7 Å². The fourth-order valence-electron chi connectivity index (χ4n) is 1.04. The van der Waals surface area contributed by atoms with Crippen molar-refractivity contribution in [1.82, 2.24) is 9.97 Å². The first-order valence-electron chi connectivity index (χ1n) is 4.39. The number of halogens is 1. The zero-order valence-electron chi connectivity index (χ0n) is 8.32. The van der Waals surface area contributed by atoms with Crippen LogP contribution >= 0.6 is 34.7 Å². The molecule has 0 fully saturated rings. The van der Waals surface area contributed by atoms with Crippen molar-refractivity contribution in [2.45, 2.75) is 23.1 Å². The fourth-order valence-corrected chi connectivity index (χ4v) is 3.02. The van der Waals surface area contributed by atoms with Crippen LogP contribution in [-0.4, -0.2) is 9.97 Å². The first-order chi connectivity index (χ1) is 7.16. The summed E-state index contributed by atoms with van der Waals surface area (Å²) in [5.74, 6) is 0. The predicted molar refractivity (Wildman–Crippen MR) is 65.0 cm³/mol. The van der Waals surface area contributed by atoms with Gasteiger partial charge in [-0.1, -0.05) is 29.4 Å². The van der Waals surface area contributed by atoms with Crippen LogP contribution in [0.3, 0.4) is 0 Å².